The van der Waals surface area contributed by atoms with Crippen LogP contribution < -0.4 is 0 Å². The van der Waals surface area contributed by atoms with Crippen molar-refractivity contribution in [3.05, 3.63) is 0 Å². The van der Waals surface area contributed by atoms with Gasteiger partial charge in [0.15, 0.2) is 0 Å². The smallest absolute Gasteiger partial charge is 0.304 e. The summed E-state index contributed by atoms with van der Waals surface area (Å²) in [5.74, 6) is 5.19. The fourth-order valence-corrected chi connectivity index (χ4v) is 1.69. The van der Waals surface area contributed by atoms with Crippen molar-refractivity contribution in [1.82, 2.24) is 0 Å². The molecule has 0 aliphatic carbocycles. The van der Waals surface area contributed by atoms with Crippen LogP contribution in [-0.4, -0.2) is 11.1 Å². The minimum atomic E-state index is -0.758. The highest BCUT2D eigenvalue weighted by molar-refractivity contribution is 5.66. The summed E-state index contributed by atoms with van der Waals surface area (Å²) >= 11 is 0. The first-order valence-electron chi connectivity index (χ1n) is 6.95. The van der Waals surface area contributed by atoms with Gasteiger partial charge in [0.1, 0.15) is 0 Å². The van der Waals surface area contributed by atoms with Gasteiger partial charge in [-0.2, -0.15) is 0 Å². The maximum Gasteiger partial charge on any atom is 0.304 e. The summed E-state index contributed by atoms with van der Waals surface area (Å²) in [6.45, 7) is 2.24. The van der Waals surface area contributed by atoms with Gasteiger partial charge in [-0.3, -0.25) is 4.79 Å². The molecule has 2 heteroatoms. The van der Waals surface area contributed by atoms with E-state index < -0.39 is 5.97 Å². The summed E-state index contributed by atoms with van der Waals surface area (Å²) in [6.07, 6.45) is 12.1. The molecular formula is C15H26O2. The van der Waals surface area contributed by atoms with Crippen LogP contribution >= 0.6 is 0 Å². The predicted octanol–water partition coefficient (Wildman–Crippen LogP) is 4.39. The molecule has 0 amide bonds. The molecule has 0 bridgehead atoms. The third kappa shape index (κ3) is 15.0. The number of carboxylic acid groups (broad SMARTS) is 1. The van der Waals surface area contributed by atoms with Crippen LogP contribution in [0.2, 0.25) is 0 Å². The molecule has 0 aromatic carbocycles. The van der Waals surface area contributed by atoms with Gasteiger partial charge in [-0.15, -0.1) is 11.8 Å². The molecule has 98 valence electrons. The van der Waals surface area contributed by atoms with Gasteiger partial charge in [0, 0.05) is 12.8 Å². The Morgan fingerprint density at radius 1 is 0.882 bits per heavy atom. The van der Waals surface area contributed by atoms with Crippen molar-refractivity contribution >= 4 is 5.97 Å². The first-order chi connectivity index (χ1) is 8.27. The molecule has 0 aliphatic rings. The van der Waals surface area contributed by atoms with Crippen LogP contribution in [0.4, 0.5) is 0 Å². The third-order valence-electron chi connectivity index (χ3n) is 2.74. The lowest BCUT2D eigenvalue weighted by Crippen LogP contribution is -1.91. The largest absolute Gasteiger partial charge is 0.481 e. The maximum atomic E-state index is 10.2. The van der Waals surface area contributed by atoms with E-state index in [0.717, 1.165) is 12.8 Å². The van der Waals surface area contributed by atoms with Gasteiger partial charge in [-0.1, -0.05) is 51.9 Å². The van der Waals surface area contributed by atoms with Gasteiger partial charge in [0.25, 0.3) is 0 Å². The Morgan fingerprint density at radius 2 is 1.41 bits per heavy atom. The second-order valence-corrected chi connectivity index (χ2v) is 4.47. The number of carbonyl (C=O) groups is 1. The van der Waals surface area contributed by atoms with E-state index in [0.29, 0.717) is 6.42 Å². The fourth-order valence-electron chi connectivity index (χ4n) is 1.69. The number of carboxylic acids is 1. The zero-order valence-electron chi connectivity index (χ0n) is 11.1. The van der Waals surface area contributed by atoms with Gasteiger partial charge in [0.05, 0.1) is 6.42 Å². The van der Waals surface area contributed by atoms with E-state index >= 15 is 0 Å². The predicted molar refractivity (Wildman–Crippen MR) is 71.9 cm³/mol. The number of aliphatic carboxylic acids is 1. The number of hydrogen-bond acceptors (Lipinski definition) is 1. The molecule has 0 heterocycles. The Morgan fingerprint density at radius 3 is 2.00 bits per heavy atom. The van der Waals surface area contributed by atoms with E-state index in [4.69, 9.17) is 5.11 Å². The van der Waals surface area contributed by atoms with Gasteiger partial charge in [-0.25, -0.2) is 0 Å². The molecule has 0 unspecified atom stereocenters. The fraction of sp³-hybridized carbons (Fsp3) is 0.800. The quantitative estimate of drug-likeness (QED) is 0.453. The maximum absolute atomic E-state index is 10.2. The van der Waals surface area contributed by atoms with E-state index in [1.807, 2.05) is 0 Å². The molecule has 0 spiro atoms. The highest BCUT2D eigenvalue weighted by Crippen LogP contribution is 2.09. The van der Waals surface area contributed by atoms with Gasteiger partial charge >= 0.3 is 5.97 Å². The van der Waals surface area contributed by atoms with Crippen molar-refractivity contribution < 1.29 is 9.90 Å². The molecule has 0 radical (unpaired) electrons. The molecule has 0 saturated carbocycles. The first kappa shape index (κ1) is 16.0. The van der Waals surface area contributed by atoms with E-state index in [1.54, 1.807) is 0 Å². The molecule has 1 N–H and O–H groups in total. The summed E-state index contributed by atoms with van der Waals surface area (Å²) < 4.78 is 0. The third-order valence-corrected chi connectivity index (χ3v) is 2.74. The molecule has 0 aromatic heterocycles. The molecule has 0 aromatic rings. The monoisotopic (exact) mass is 238 g/mol. The summed E-state index contributed by atoms with van der Waals surface area (Å²) in [6, 6.07) is 0. The second-order valence-electron chi connectivity index (χ2n) is 4.47. The van der Waals surface area contributed by atoms with Crippen molar-refractivity contribution in [2.75, 3.05) is 0 Å². The van der Waals surface area contributed by atoms with Crippen LogP contribution in [0.5, 0.6) is 0 Å². The van der Waals surface area contributed by atoms with Crippen LogP contribution in [-0.2, 0) is 4.79 Å². The Balaban J connectivity index is 3.09. The summed E-state index contributed by atoms with van der Waals surface area (Å²) in [4.78, 5) is 10.2. The van der Waals surface area contributed by atoms with E-state index in [-0.39, 0.29) is 6.42 Å². The van der Waals surface area contributed by atoms with Crippen molar-refractivity contribution in [2.45, 2.75) is 77.6 Å². The average Bonchev–Trinajstić information content (AvgIpc) is 2.30. The van der Waals surface area contributed by atoms with Crippen molar-refractivity contribution in [3.63, 3.8) is 0 Å². The lowest BCUT2D eigenvalue weighted by Gasteiger charge is -1.99. The molecule has 0 atom stereocenters. The molecule has 0 rings (SSSR count). The zero-order chi connectivity index (χ0) is 12.8. The van der Waals surface area contributed by atoms with E-state index in [9.17, 15) is 4.79 Å². The van der Waals surface area contributed by atoms with Crippen LogP contribution in [0.3, 0.4) is 0 Å². The Labute approximate surface area is 106 Å². The van der Waals surface area contributed by atoms with Gasteiger partial charge in [0.2, 0.25) is 0 Å². The van der Waals surface area contributed by atoms with Crippen LogP contribution in [0.25, 0.3) is 0 Å². The molecule has 2 nitrogen and oxygen atoms in total. The normalized spacial score (nSPS) is 9.71. The van der Waals surface area contributed by atoms with Crippen LogP contribution in [0.15, 0.2) is 0 Å². The van der Waals surface area contributed by atoms with Gasteiger partial charge < -0.3 is 5.11 Å². The molecule has 0 fully saturated rings. The van der Waals surface area contributed by atoms with E-state index in [2.05, 4.69) is 18.8 Å². The Hall–Kier alpha value is -0.970. The Kier molecular flexibility index (Phi) is 12.3. The van der Waals surface area contributed by atoms with Crippen molar-refractivity contribution in [2.24, 2.45) is 0 Å². The topological polar surface area (TPSA) is 37.3 Å². The standard InChI is InChI=1S/C15H26O2/c1-2-3-4-5-6-7-8-9-10-11-12-13-14-15(16)17/h2-10,13-14H2,1H3,(H,16,17). The lowest BCUT2D eigenvalue weighted by molar-refractivity contribution is -0.136. The number of rotatable bonds is 10. The van der Waals surface area contributed by atoms with Crippen molar-refractivity contribution in [3.8, 4) is 11.8 Å². The summed E-state index contributed by atoms with van der Waals surface area (Å²) in [5.41, 5.74) is 0. The minimum Gasteiger partial charge on any atom is -0.481 e. The average molecular weight is 238 g/mol. The molecule has 0 aliphatic heterocycles. The second kappa shape index (κ2) is 13.1. The van der Waals surface area contributed by atoms with Gasteiger partial charge in [-0.05, 0) is 6.42 Å². The Bertz CT molecular complexity index is 235. The molecule has 17 heavy (non-hydrogen) atoms. The number of hydrogen-bond donors (Lipinski definition) is 1. The van der Waals surface area contributed by atoms with Crippen LogP contribution in [0.1, 0.15) is 77.6 Å². The molecule has 0 saturated heterocycles. The summed E-state index contributed by atoms with van der Waals surface area (Å²) in [5, 5.41) is 8.41. The highest BCUT2D eigenvalue weighted by Gasteiger charge is 1.92. The lowest BCUT2D eigenvalue weighted by atomic mass is 10.1. The highest BCUT2D eigenvalue weighted by atomic mass is 16.4. The minimum absolute atomic E-state index is 0.171. The SMILES string of the molecule is CCCCCCCCCCC#CCCC(=O)O. The first-order valence-corrected chi connectivity index (χ1v) is 6.95. The van der Waals surface area contributed by atoms with Crippen molar-refractivity contribution in [1.29, 1.82) is 0 Å². The summed E-state index contributed by atoms with van der Waals surface area (Å²) in [7, 11) is 0. The number of unbranched alkanes of at least 4 members (excludes halogenated alkanes) is 8. The van der Waals surface area contributed by atoms with E-state index in [1.165, 1.54) is 44.9 Å². The van der Waals surface area contributed by atoms with Crippen LogP contribution in [0, 0.1) is 11.8 Å². The molecular weight excluding hydrogens is 212 g/mol. The zero-order valence-corrected chi connectivity index (χ0v) is 11.1.